The Labute approximate surface area is 80.6 Å². The van der Waals surface area contributed by atoms with Gasteiger partial charge >= 0.3 is 0 Å². The lowest BCUT2D eigenvalue weighted by Crippen LogP contribution is -2.00. The number of benzene rings is 1. The highest BCUT2D eigenvalue weighted by Crippen LogP contribution is 2.22. The SMILES string of the molecule is OCC[C@H](O)c1ccc(F)c(Cl)c1. The van der Waals surface area contributed by atoms with Crippen molar-refractivity contribution in [3.8, 4) is 0 Å². The largest absolute Gasteiger partial charge is 0.396 e. The number of halogens is 2. The van der Waals surface area contributed by atoms with Gasteiger partial charge in [0.25, 0.3) is 0 Å². The summed E-state index contributed by atoms with van der Waals surface area (Å²) in [6.07, 6.45) is -0.565. The summed E-state index contributed by atoms with van der Waals surface area (Å²) in [5.41, 5.74) is 0.514. The van der Waals surface area contributed by atoms with E-state index in [4.69, 9.17) is 16.7 Å². The van der Waals surface area contributed by atoms with Crippen molar-refractivity contribution in [1.29, 1.82) is 0 Å². The quantitative estimate of drug-likeness (QED) is 0.790. The first kappa shape index (κ1) is 10.4. The second-order valence-electron chi connectivity index (χ2n) is 2.70. The third-order valence-electron chi connectivity index (χ3n) is 1.73. The number of hydrogen-bond acceptors (Lipinski definition) is 2. The highest BCUT2D eigenvalue weighted by atomic mass is 35.5. The molecule has 2 N–H and O–H groups in total. The van der Waals surface area contributed by atoms with E-state index in [1.807, 2.05) is 0 Å². The monoisotopic (exact) mass is 204 g/mol. The Morgan fingerprint density at radius 2 is 2.15 bits per heavy atom. The maximum atomic E-state index is 12.7. The average Bonchev–Trinajstić information content (AvgIpc) is 2.10. The number of aliphatic hydroxyl groups excluding tert-OH is 2. The van der Waals surface area contributed by atoms with Crippen LogP contribution in [0.25, 0.3) is 0 Å². The van der Waals surface area contributed by atoms with E-state index >= 15 is 0 Å². The molecule has 0 saturated carbocycles. The van der Waals surface area contributed by atoms with Gasteiger partial charge in [-0.25, -0.2) is 4.39 Å². The van der Waals surface area contributed by atoms with Gasteiger partial charge in [0.15, 0.2) is 0 Å². The van der Waals surface area contributed by atoms with Crippen LogP contribution in [0.3, 0.4) is 0 Å². The maximum Gasteiger partial charge on any atom is 0.141 e. The van der Waals surface area contributed by atoms with E-state index in [1.165, 1.54) is 18.2 Å². The molecule has 72 valence electrons. The molecule has 0 heterocycles. The minimum absolute atomic E-state index is 0.0190. The molecule has 0 bridgehead atoms. The highest BCUT2D eigenvalue weighted by Gasteiger charge is 2.08. The Bertz CT molecular complexity index is 291. The summed E-state index contributed by atoms with van der Waals surface area (Å²) in [5, 5.41) is 17.9. The molecule has 0 aliphatic heterocycles. The predicted octanol–water partition coefficient (Wildman–Crippen LogP) is 1.89. The van der Waals surface area contributed by atoms with Crippen LogP contribution in [0, 0.1) is 5.82 Å². The Balaban J connectivity index is 2.84. The third kappa shape index (κ3) is 2.66. The Morgan fingerprint density at radius 1 is 1.46 bits per heavy atom. The van der Waals surface area contributed by atoms with Gasteiger partial charge in [-0.15, -0.1) is 0 Å². The van der Waals surface area contributed by atoms with Crippen LogP contribution >= 0.6 is 11.6 Å². The molecule has 0 radical (unpaired) electrons. The Hall–Kier alpha value is -0.640. The van der Waals surface area contributed by atoms with Gasteiger partial charge < -0.3 is 10.2 Å². The molecule has 1 atom stereocenters. The molecule has 0 unspecified atom stereocenters. The van der Waals surface area contributed by atoms with E-state index in [2.05, 4.69) is 0 Å². The first-order valence-corrected chi connectivity index (χ1v) is 4.27. The van der Waals surface area contributed by atoms with Gasteiger partial charge in [0, 0.05) is 13.0 Å². The molecule has 0 spiro atoms. The molecule has 0 fully saturated rings. The van der Waals surface area contributed by atoms with Gasteiger partial charge in [-0.05, 0) is 17.7 Å². The average molecular weight is 205 g/mol. The van der Waals surface area contributed by atoms with E-state index in [-0.39, 0.29) is 18.1 Å². The fourth-order valence-corrected chi connectivity index (χ4v) is 1.20. The summed E-state index contributed by atoms with van der Waals surface area (Å²) in [6.45, 7) is -0.115. The molecule has 1 aromatic rings. The molecule has 0 aliphatic carbocycles. The third-order valence-corrected chi connectivity index (χ3v) is 2.02. The van der Waals surface area contributed by atoms with Crippen LogP contribution in [-0.2, 0) is 0 Å². The Morgan fingerprint density at radius 3 is 2.69 bits per heavy atom. The fourth-order valence-electron chi connectivity index (χ4n) is 1.01. The van der Waals surface area contributed by atoms with Crippen molar-refractivity contribution >= 4 is 11.6 Å². The second-order valence-corrected chi connectivity index (χ2v) is 3.11. The minimum Gasteiger partial charge on any atom is -0.396 e. The summed E-state index contributed by atoms with van der Waals surface area (Å²) in [6, 6.07) is 4.00. The van der Waals surface area contributed by atoms with Crippen molar-refractivity contribution < 1.29 is 14.6 Å². The van der Waals surface area contributed by atoms with E-state index in [0.717, 1.165) is 0 Å². The van der Waals surface area contributed by atoms with Crippen LogP contribution in [0.4, 0.5) is 4.39 Å². The zero-order chi connectivity index (χ0) is 9.84. The van der Waals surface area contributed by atoms with Gasteiger partial charge in [0.05, 0.1) is 11.1 Å². The molecule has 2 nitrogen and oxygen atoms in total. The lowest BCUT2D eigenvalue weighted by atomic mass is 10.1. The number of aliphatic hydroxyl groups is 2. The van der Waals surface area contributed by atoms with E-state index in [9.17, 15) is 9.50 Å². The molecule has 0 aromatic heterocycles. The highest BCUT2D eigenvalue weighted by molar-refractivity contribution is 6.30. The molecular weight excluding hydrogens is 195 g/mol. The minimum atomic E-state index is -0.789. The normalized spacial score (nSPS) is 12.9. The van der Waals surface area contributed by atoms with E-state index in [0.29, 0.717) is 5.56 Å². The van der Waals surface area contributed by atoms with Crippen LogP contribution in [-0.4, -0.2) is 16.8 Å². The van der Waals surface area contributed by atoms with Crippen molar-refractivity contribution in [1.82, 2.24) is 0 Å². The van der Waals surface area contributed by atoms with Gasteiger partial charge in [-0.1, -0.05) is 17.7 Å². The molecule has 0 saturated heterocycles. The van der Waals surface area contributed by atoms with Crippen molar-refractivity contribution in [2.75, 3.05) is 6.61 Å². The summed E-state index contributed by atoms with van der Waals surface area (Å²) >= 11 is 5.51. The first-order chi connectivity index (χ1) is 6.15. The van der Waals surface area contributed by atoms with Crippen molar-refractivity contribution in [2.24, 2.45) is 0 Å². The summed E-state index contributed by atoms with van der Waals surface area (Å²) in [5.74, 6) is -0.512. The zero-order valence-corrected chi connectivity index (χ0v) is 7.63. The van der Waals surface area contributed by atoms with Crippen molar-refractivity contribution in [2.45, 2.75) is 12.5 Å². The van der Waals surface area contributed by atoms with Gasteiger partial charge in [0.1, 0.15) is 5.82 Å². The molecular formula is C9H10ClFO2. The first-order valence-electron chi connectivity index (χ1n) is 3.89. The van der Waals surface area contributed by atoms with E-state index in [1.54, 1.807) is 0 Å². The molecule has 4 heteroatoms. The van der Waals surface area contributed by atoms with Crippen LogP contribution in [0.2, 0.25) is 5.02 Å². The molecule has 1 aromatic carbocycles. The molecule has 1 rings (SSSR count). The second kappa shape index (κ2) is 4.56. The van der Waals surface area contributed by atoms with Crippen molar-refractivity contribution in [3.05, 3.63) is 34.6 Å². The smallest absolute Gasteiger partial charge is 0.141 e. The van der Waals surface area contributed by atoms with Crippen LogP contribution < -0.4 is 0 Å². The number of rotatable bonds is 3. The number of hydrogen-bond donors (Lipinski definition) is 2. The zero-order valence-electron chi connectivity index (χ0n) is 6.87. The summed E-state index contributed by atoms with van der Waals surface area (Å²) in [4.78, 5) is 0. The maximum absolute atomic E-state index is 12.7. The molecule has 13 heavy (non-hydrogen) atoms. The lowest BCUT2D eigenvalue weighted by Gasteiger charge is -2.09. The lowest BCUT2D eigenvalue weighted by molar-refractivity contribution is 0.134. The molecule has 0 amide bonds. The van der Waals surface area contributed by atoms with Crippen LogP contribution in [0.15, 0.2) is 18.2 Å². The Kier molecular flexibility index (Phi) is 3.66. The standard InChI is InChI=1S/C9H10ClFO2/c10-7-5-6(1-2-8(7)11)9(13)3-4-12/h1-2,5,9,12-13H,3-4H2/t9-/m0/s1. The summed E-state index contributed by atoms with van der Waals surface area (Å²) in [7, 11) is 0. The topological polar surface area (TPSA) is 40.5 Å². The molecule has 0 aliphatic rings. The van der Waals surface area contributed by atoms with Crippen LogP contribution in [0.1, 0.15) is 18.1 Å². The van der Waals surface area contributed by atoms with E-state index < -0.39 is 11.9 Å². The predicted molar refractivity (Wildman–Crippen MR) is 48.1 cm³/mol. The van der Waals surface area contributed by atoms with Crippen LogP contribution in [0.5, 0.6) is 0 Å². The van der Waals surface area contributed by atoms with Gasteiger partial charge in [-0.3, -0.25) is 0 Å². The van der Waals surface area contributed by atoms with Gasteiger partial charge in [0.2, 0.25) is 0 Å². The van der Waals surface area contributed by atoms with Crippen molar-refractivity contribution in [3.63, 3.8) is 0 Å². The fraction of sp³-hybridized carbons (Fsp3) is 0.333. The van der Waals surface area contributed by atoms with Gasteiger partial charge in [-0.2, -0.15) is 0 Å². The summed E-state index contributed by atoms with van der Waals surface area (Å²) < 4.78 is 12.7.